The van der Waals surface area contributed by atoms with Gasteiger partial charge in [0.15, 0.2) is 5.78 Å². The van der Waals surface area contributed by atoms with Crippen LogP contribution in [0.5, 0.6) is 0 Å². The highest BCUT2D eigenvalue weighted by molar-refractivity contribution is 6.02. The van der Waals surface area contributed by atoms with Crippen molar-refractivity contribution in [3.8, 4) is 0 Å². The highest BCUT2D eigenvalue weighted by Gasteiger charge is 2.16. The maximum Gasteiger partial charge on any atom is 0.331 e. The van der Waals surface area contributed by atoms with Crippen LogP contribution in [0, 0.1) is 0 Å². The van der Waals surface area contributed by atoms with Crippen LogP contribution >= 0.6 is 0 Å². The number of fused-ring (bicyclic) bond motifs is 1. The number of piperidine rings is 1. The van der Waals surface area contributed by atoms with Gasteiger partial charge in [-0.1, -0.05) is 18.6 Å². The van der Waals surface area contributed by atoms with E-state index in [0.717, 1.165) is 19.6 Å². The zero-order valence-corrected chi connectivity index (χ0v) is 20.2. The molecule has 3 aromatic rings. The van der Waals surface area contributed by atoms with Gasteiger partial charge in [0, 0.05) is 36.6 Å². The molecule has 9 heteroatoms. The number of likely N-dealkylation sites (tertiary alicyclic amines) is 1. The van der Waals surface area contributed by atoms with Gasteiger partial charge in [0.1, 0.15) is 0 Å². The molecule has 0 spiro atoms. The van der Waals surface area contributed by atoms with Gasteiger partial charge in [-0.15, -0.1) is 0 Å². The number of hydrogen-bond acceptors (Lipinski definition) is 5. The molecule has 0 radical (unpaired) electrons. The number of aromatic nitrogens is 2. The monoisotopic (exact) mass is 477 g/mol. The Bertz CT molecular complexity index is 1370. The Labute approximate surface area is 203 Å². The third-order valence-corrected chi connectivity index (χ3v) is 6.41. The highest BCUT2D eigenvalue weighted by atomic mass is 16.2. The molecule has 1 aliphatic rings. The number of ketones is 1. The molecule has 4 rings (SSSR count). The lowest BCUT2D eigenvalue weighted by Crippen LogP contribution is -2.42. The summed E-state index contributed by atoms with van der Waals surface area (Å²) in [5.74, 6) is -0.0953. The fourth-order valence-electron chi connectivity index (χ4n) is 4.53. The Morgan fingerprint density at radius 3 is 2.29 bits per heavy atom. The number of nitrogens with one attached hydrogen (secondary N) is 2. The third kappa shape index (κ3) is 5.51. The number of urea groups is 1. The molecule has 0 unspecified atom stereocenters. The minimum Gasteiger partial charge on any atom is -0.308 e. The summed E-state index contributed by atoms with van der Waals surface area (Å²) in [4.78, 5) is 52.6. The molecule has 0 aliphatic carbocycles. The van der Waals surface area contributed by atoms with Crippen molar-refractivity contribution in [1.29, 1.82) is 0 Å². The van der Waals surface area contributed by atoms with Gasteiger partial charge in [-0.2, -0.15) is 0 Å². The molecule has 1 aromatic heterocycles. The van der Waals surface area contributed by atoms with Gasteiger partial charge in [-0.05, 0) is 70.1 Å². The Hall–Kier alpha value is -3.72. The standard InChI is InChI=1S/C26H31N5O4/c1-3-30-24(33)22-17-21(28-25(34)27-20-9-7-8-19(16-20)18(2)32)10-11-23(22)31(26(30)35)15-14-29-12-5-4-6-13-29/h7-11,16-17H,3-6,12-15H2,1-2H3,(H2,27,28,34). The van der Waals surface area contributed by atoms with Crippen molar-refractivity contribution in [3.05, 3.63) is 68.9 Å². The Morgan fingerprint density at radius 1 is 0.886 bits per heavy atom. The molecule has 0 saturated carbocycles. The van der Waals surface area contributed by atoms with E-state index >= 15 is 0 Å². The molecule has 184 valence electrons. The maximum absolute atomic E-state index is 13.1. The van der Waals surface area contributed by atoms with Gasteiger partial charge in [-0.25, -0.2) is 9.59 Å². The van der Waals surface area contributed by atoms with E-state index < -0.39 is 6.03 Å². The van der Waals surface area contributed by atoms with Crippen LogP contribution in [0.3, 0.4) is 0 Å². The fourth-order valence-corrected chi connectivity index (χ4v) is 4.53. The maximum atomic E-state index is 13.1. The first-order valence-electron chi connectivity index (χ1n) is 12.1. The van der Waals surface area contributed by atoms with E-state index in [4.69, 9.17) is 0 Å². The second kappa shape index (κ2) is 10.7. The van der Waals surface area contributed by atoms with Crippen molar-refractivity contribution in [2.45, 2.75) is 46.2 Å². The van der Waals surface area contributed by atoms with Crippen LogP contribution in [-0.2, 0) is 13.1 Å². The van der Waals surface area contributed by atoms with E-state index in [2.05, 4.69) is 15.5 Å². The number of Topliss-reactive ketones (excluding diaryl/α,β-unsaturated/α-hetero) is 1. The molecule has 1 saturated heterocycles. The average Bonchev–Trinajstić information content (AvgIpc) is 2.85. The molecular weight excluding hydrogens is 446 g/mol. The quantitative estimate of drug-likeness (QED) is 0.507. The van der Waals surface area contributed by atoms with E-state index in [1.807, 2.05) is 0 Å². The zero-order chi connectivity index (χ0) is 24.9. The Kier molecular flexibility index (Phi) is 7.45. The van der Waals surface area contributed by atoms with Crippen LogP contribution in [-0.4, -0.2) is 45.5 Å². The van der Waals surface area contributed by atoms with E-state index in [1.54, 1.807) is 54.0 Å². The number of anilines is 2. The van der Waals surface area contributed by atoms with Gasteiger partial charge >= 0.3 is 11.7 Å². The number of hydrogen-bond donors (Lipinski definition) is 2. The first kappa shape index (κ1) is 24.4. The van der Waals surface area contributed by atoms with E-state index in [-0.39, 0.29) is 23.6 Å². The first-order chi connectivity index (χ1) is 16.9. The number of carbonyl (C=O) groups excluding carboxylic acids is 2. The average molecular weight is 478 g/mol. The normalized spacial score (nSPS) is 14.1. The lowest BCUT2D eigenvalue weighted by Gasteiger charge is -2.27. The van der Waals surface area contributed by atoms with E-state index in [0.29, 0.717) is 34.4 Å². The SMILES string of the molecule is CCn1c(=O)c2cc(NC(=O)Nc3cccc(C(C)=O)c3)ccc2n(CCN2CCCCC2)c1=O. The van der Waals surface area contributed by atoms with Gasteiger partial charge in [0.25, 0.3) is 5.56 Å². The molecule has 0 atom stereocenters. The minimum absolute atomic E-state index is 0.0953. The highest BCUT2D eigenvalue weighted by Crippen LogP contribution is 2.18. The van der Waals surface area contributed by atoms with E-state index in [9.17, 15) is 19.2 Å². The van der Waals surface area contributed by atoms with Gasteiger partial charge in [0.2, 0.25) is 0 Å². The minimum atomic E-state index is -0.501. The van der Waals surface area contributed by atoms with Crippen LogP contribution in [0.4, 0.5) is 16.2 Å². The molecule has 1 fully saturated rings. The number of carbonyl (C=O) groups is 2. The smallest absolute Gasteiger partial charge is 0.308 e. The topological polar surface area (TPSA) is 105 Å². The van der Waals surface area contributed by atoms with Crippen LogP contribution in [0.25, 0.3) is 10.9 Å². The predicted molar refractivity (Wildman–Crippen MR) is 138 cm³/mol. The molecular formula is C26H31N5O4. The summed E-state index contributed by atoms with van der Waals surface area (Å²) in [5, 5.41) is 5.81. The Morgan fingerprint density at radius 2 is 1.60 bits per heavy atom. The second-order valence-corrected chi connectivity index (χ2v) is 8.83. The number of benzene rings is 2. The lowest BCUT2D eigenvalue weighted by molar-refractivity contribution is 0.101. The fraction of sp³-hybridized carbons (Fsp3) is 0.385. The number of amides is 2. The van der Waals surface area contributed by atoms with Gasteiger partial charge < -0.3 is 15.5 Å². The van der Waals surface area contributed by atoms with Crippen LogP contribution < -0.4 is 21.9 Å². The molecule has 35 heavy (non-hydrogen) atoms. The Balaban J connectivity index is 1.59. The van der Waals surface area contributed by atoms with E-state index in [1.165, 1.54) is 30.8 Å². The van der Waals surface area contributed by atoms with Crippen molar-refractivity contribution in [2.75, 3.05) is 30.3 Å². The summed E-state index contributed by atoms with van der Waals surface area (Å²) in [6, 6.07) is 11.2. The van der Waals surface area contributed by atoms with Crippen molar-refractivity contribution < 1.29 is 9.59 Å². The molecule has 2 aromatic carbocycles. The van der Waals surface area contributed by atoms with Crippen molar-refractivity contribution in [2.24, 2.45) is 0 Å². The lowest BCUT2D eigenvalue weighted by atomic mass is 10.1. The number of rotatable bonds is 7. The number of nitrogens with zero attached hydrogens (tertiary/aromatic N) is 3. The largest absolute Gasteiger partial charge is 0.331 e. The summed E-state index contributed by atoms with van der Waals surface area (Å²) in [6.07, 6.45) is 3.58. The first-order valence-corrected chi connectivity index (χ1v) is 12.1. The molecule has 2 N–H and O–H groups in total. The van der Waals surface area contributed by atoms with Crippen molar-refractivity contribution >= 4 is 34.1 Å². The van der Waals surface area contributed by atoms with Crippen LogP contribution in [0.1, 0.15) is 43.5 Å². The summed E-state index contributed by atoms with van der Waals surface area (Å²) >= 11 is 0. The summed E-state index contributed by atoms with van der Waals surface area (Å²) < 4.78 is 2.89. The molecule has 2 heterocycles. The summed E-state index contributed by atoms with van der Waals surface area (Å²) in [7, 11) is 0. The van der Waals surface area contributed by atoms with Crippen LogP contribution in [0.15, 0.2) is 52.1 Å². The molecule has 9 nitrogen and oxygen atoms in total. The molecule has 1 aliphatic heterocycles. The van der Waals surface area contributed by atoms with Crippen LogP contribution in [0.2, 0.25) is 0 Å². The molecule has 2 amide bonds. The van der Waals surface area contributed by atoms with Gasteiger partial charge in [0.05, 0.1) is 10.9 Å². The molecule has 0 bridgehead atoms. The third-order valence-electron chi connectivity index (χ3n) is 6.41. The predicted octanol–water partition coefficient (Wildman–Crippen LogP) is 3.52. The summed E-state index contributed by atoms with van der Waals surface area (Å²) in [5.41, 5.74) is 1.28. The zero-order valence-electron chi connectivity index (χ0n) is 20.2. The van der Waals surface area contributed by atoms with Crippen molar-refractivity contribution in [3.63, 3.8) is 0 Å². The van der Waals surface area contributed by atoms with Crippen molar-refractivity contribution in [1.82, 2.24) is 14.0 Å². The second-order valence-electron chi connectivity index (χ2n) is 8.83. The summed E-state index contributed by atoms with van der Waals surface area (Å²) in [6.45, 7) is 6.80. The van der Waals surface area contributed by atoms with Gasteiger partial charge in [-0.3, -0.25) is 18.7 Å².